The van der Waals surface area contributed by atoms with Crippen molar-refractivity contribution < 1.29 is 8.42 Å². The van der Waals surface area contributed by atoms with Gasteiger partial charge in [-0.05, 0) is 33.0 Å². The van der Waals surface area contributed by atoms with Crippen molar-refractivity contribution in [3.8, 4) is 0 Å². The summed E-state index contributed by atoms with van der Waals surface area (Å²) in [6.45, 7) is 3.93. The molecule has 1 aromatic carbocycles. The van der Waals surface area contributed by atoms with Crippen LogP contribution in [0.3, 0.4) is 0 Å². The van der Waals surface area contributed by atoms with Crippen molar-refractivity contribution in [2.24, 2.45) is 0 Å². The average Bonchev–Trinajstić information content (AvgIpc) is 2.85. The number of aryl methyl sites for hydroxylation is 1. The Morgan fingerprint density at radius 3 is 2.60 bits per heavy atom. The van der Waals surface area contributed by atoms with Gasteiger partial charge in [-0.15, -0.1) is 11.3 Å². The molecule has 0 aliphatic rings. The fourth-order valence-corrected chi connectivity index (χ4v) is 3.66. The number of anilines is 1. The van der Waals surface area contributed by atoms with E-state index in [2.05, 4.69) is 15.0 Å². The molecule has 108 valence electrons. The minimum atomic E-state index is -3.48. The minimum Gasteiger partial charge on any atom is -0.377 e. The molecule has 1 aromatic heterocycles. The van der Waals surface area contributed by atoms with Crippen LogP contribution in [0.5, 0.6) is 0 Å². The van der Waals surface area contributed by atoms with Crippen molar-refractivity contribution in [3.63, 3.8) is 0 Å². The van der Waals surface area contributed by atoms with Gasteiger partial charge in [-0.3, -0.25) is 0 Å². The Hall–Kier alpha value is -1.44. The molecule has 0 radical (unpaired) electrons. The Kier molecular flexibility index (Phi) is 4.42. The van der Waals surface area contributed by atoms with E-state index in [1.165, 1.54) is 7.05 Å². The molecule has 5 nitrogen and oxygen atoms in total. The third kappa shape index (κ3) is 3.00. The van der Waals surface area contributed by atoms with Crippen LogP contribution in [-0.4, -0.2) is 20.4 Å². The molecule has 1 atom stereocenters. The molecule has 0 aliphatic carbocycles. The van der Waals surface area contributed by atoms with Crippen LogP contribution in [0.2, 0.25) is 0 Å². The molecule has 0 aliphatic heterocycles. The lowest BCUT2D eigenvalue weighted by Crippen LogP contribution is -2.20. The van der Waals surface area contributed by atoms with Crippen LogP contribution in [0, 0.1) is 6.92 Å². The van der Waals surface area contributed by atoms with Crippen LogP contribution in [-0.2, 0) is 10.0 Å². The summed E-state index contributed by atoms with van der Waals surface area (Å²) in [5, 5.41) is 3.25. The summed E-state index contributed by atoms with van der Waals surface area (Å²) in [6, 6.07) is 6.86. The molecule has 0 saturated carbocycles. The van der Waals surface area contributed by atoms with Crippen molar-refractivity contribution in [2.75, 3.05) is 12.4 Å². The standard InChI is InChI=1S/C13H17N3O2S2/c1-9-13(19-8-15-9)10(2)16-11-6-4-5-7-12(11)20(17,18)14-3/h4-8,10,14,16H,1-3H3. The Morgan fingerprint density at radius 2 is 2.00 bits per heavy atom. The Labute approximate surface area is 123 Å². The number of rotatable bonds is 5. The predicted molar refractivity (Wildman–Crippen MR) is 81.6 cm³/mol. The SMILES string of the molecule is CNS(=O)(=O)c1ccccc1NC(C)c1scnc1C. The van der Waals surface area contributed by atoms with Gasteiger partial charge in [-0.2, -0.15) is 0 Å². The number of nitrogens with one attached hydrogen (secondary N) is 2. The number of benzene rings is 1. The van der Waals surface area contributed by atoms with Crippen molar-refractivity contribution in [3.05, 3.63) is 40.3 Å². The van der Waals surface area contributed by atoms with Crippen LogP contribution in [0.15, 0.2) is 34.7 Å². The van der Waals surface area contributed by atoms with Gasteiger partial charge in [0.15, 0.2) is 0 Å². The molecule has 2 rings (SSSR count). The molecule has 0 bridgehead atoms. The molecule has 0 fully saturated rings. The average molecular weight is 311 g/mol. The van der Waals surface area contributed by atoms with E-state index in [1.54, 1.807) is 35.0 Å². The van der Waals surface area contributed by atoms with Gasteiger partial charge < -0.3 is 5.32 Å². The topological polar surface area (TPSA) is 71.1 Å². The third-order valence-corrected chi connectivity index (χ3v) is 5.58. The van der Waals surface area contributed by atoms with Gasteiger partial charge in [0, 0.05) is 4.88 Å². The highest BCUT2D eigenvalue weighted by molar-refractivity contribution is 7.89. The molecular formula is C13H17N3O2S2. The van der Waals surface area contributed by atoms with Crippen molar-refractivity contribution >= 4 is 27.0 Å². The van der Waals surface area contributed by atoms with Crippen LogP contribution >= 0.6 is 11.3 Å². The first-order valence-corrected chi connectivity index (χ1v) is 8.51. The third-order valence-electron chi connectivity index (χ3n) is 2.99. The van der Waals surface area contributed by atoms with E-state index in [-0.39, 0.29) is 10.9 Å². The predicted octanol–water partition coefficient (Wildman–Crippen LogP) is 2.53. The maximum absolute atomic E-state index is 12.0. The highest BCUT2D eigenvalue weighted by atomic mass is 32.2. The second-order valence-corrected chi connectivity index (χ2v) is 7.11. The number of thiazole rings is 1. The van der Waals surface area contributed by atoms with E-state index in [0.717, 1.165) is 10.6 Å². The normalized spacial score (nSPS) is 13.2. The highest BCUT2D eigenvalue weighted by Gasteiger charge is 2.18. The largest absolute Gasteiger partial charge is 0.377 e. The number of aromatic nitrogens is 1. The van der Waals surface area contributed by atoms with Crippen LogP contribution in [0.4, 0.5) is 5.69 Å². The molecule has 2 N–H and O–H groups in total. The zero-order valence-electron chi connectivity index (χ0n) is 11.5. The Morgan fingerprint density at radius 1 is 1.30 bits per heavy atom. The van der Waals surface area contributed by atoms with Crippen molar-refractivity contribution in [1.29, 1.82) is 0 Å². The van der Waals surface area contributed by atoms with Crippen molar-refractivity contribution in [2.45, 2.75) is 24.8 Å². The summed E-state index contributed by atoms with van der Waals surface area (Å²) in [4.78, 5) is 5.56. The van der Waals surface area contributed by atoms with E-state index in [1.807, 2.05) is 19.9 Å². The lowest BCUT2D eigenvalue weighted by molar-refractivity contribution is 0.588. The summed E-state index contributed by atoms with van der Waals surface area (Å²) in [5.74, 6) is 0. The second kappa shape index (κ2) is 5.90. The zero-order chi connectivity index (χ0) is 14.8. The monoisotopic (exact) mass is 311 g/mol. The van der Waals surface area contributed by atoms with Crippen molar-refractivity contribution in [1.82, 2.24) is 9.71 Å². The summed E-state index contributed by atoms with van der Waals surface area (Å²) in [6.07, 6.45) is 0. The van der Waals surface area contributed by atoms with Gasteiger partial charge in [0.2, 0.25) is 10.0 Å². The van der Waals surface area contributed by atoms with Gasteiger partial charge in [0.1, 0.15) is 4.90 Å². The molecule has 1 heterocycles. The van der Waals surface area contributed by atoms with E-state index in [0.29, 0.717) is 5.69 Å². The summed E-state index contributed by atoms with van der Waals surface area (Å²) < 4.78 is 26.3. The number of hydrogen-bond acceptors (Lipinski definition) is 5. The lowest BCUT2D eigenvalue weighted by Gasteiger charge is -2.17. The first kappa shape index (κ1) is 15.0. The summed E-state index contributed by atoms with van der Waals surface area (Å²) in [5.41, 5.74) is 3.34. The fraction of sp³-hybridized carbons (Fsp3) is 0.308. The quantitative estimate of drug-likeness (QED) is 0.890. The molecule has 0 spiro atoms. The summed E-state index contributed by atoms with van der Waals surface area (Å²) >= 11 is 1.56. The van der Waals surface area contributed by atoms with Crippen LogP contribution < -0.4 is 10.0 Å². The lowest BCUT2D eigenvalue weighted by atomic mass is 10.2. The summed E-state index contributed by atoms with van der Waals surface area (Å²) in [7, 11) is -2.07. The fourth-order valence-electron chi connectivity index (χ4n) is 1.96. The number of sulfonamides is 1. The molecule has 7 heteroatoms. The molecule has 0 amide bonds. The molecule has 20 heavy (non-hydrogen) atoms. The van der Waals surface area contributed by atoms with Gasteiger partial charge in [-0.1, -0.05) is 12.1 Å². The maximum atomic E-state index is 12.0. The van der Waals surface area contributed by atoms with E-state index in [9.17, 15) is 8.42 Å². The Bertz CT molecular complexity index is 695. The van der Waals surface area contributed by atoms with Gasteiger partial charge in [-0.25, -0.2) is 18.1 Å². The van der Waals surface area contributed by atoms with E-state index >= 15 is 0 Å². The first-order valence-electron chi connectivity index (χ1n) is 6.15. The maximum Gasteiger partial charge on any atom is 0.242 e. The van der Waals surface area contributed by atoms with Gasteiger partial charge in [0.05, 0.1) is 22.9 Å². The van der Waals surface area contributed by atoms with Crippen LogP contribution in [0.25, 0.3) is 0 Å². The smallest absolute Gasteiger partial charge is 0.242 e. The van der Waals surface area contributed by atoms with E-state index < -0.39 is 10.0 Å². The highest BCUT2D eigenvalue weighted by Crippen LogP contribution is 2.28. The molecule has 0 saturated heterocycles. The first-order chi connectivity index (χ1) is 9.45. The van der Waals surface area contributed by atoms with Crippen LogP contribution in [0.1, 0.15) is 23.5 Å². The number of hydrogen-bond donors (Lipinski definition) is 2. The minimum absolute atomic E-state index is 0.00398. The zero-order valence-corrected chi connectivity index (χ0v) is 13.2. The van der Waals surface area contributed by atoms with Gasteiger partial charge >= 0.3 is 0 Å². The van der Waals surface area contributed by atoms with E-state index in [4.69, 9.17) is 0 Å². The van der Waals surface area contributed by atoms with Gasteiger partial charge in [0.25, 0.3) is 0 Å². The number of para-hydroxylation sites is 1. The second-order valence-electron chi connectivity index (χ2n) is 4.37. The Balaban J connectivity index is 2.33. The molecular weight excluding hydrogens is 294 g/mol. The number of nitrogens with zero attached hydrogens (tertiary/aromatic N) is 1. The molecule has 1 unspecified atom stereocenters. The molecule has 2 aromatic rings.